The highest BCUT2D eigenvalue weighted by Crippen LogP contribution is 2.28. The third-order valence-electron chi connectivity index (χ3n) is 4.73. The highest BCUT2D eigenvalue weighted by atomic mass is 19.1. The van der Waals surface area contributed by atoms with E-state index in [-0.39, 0.29) is 11.4 Å². The van der Waals surface area contributed by atoms with Crippen LogP contribution in [-0.2, 0) is 6.54 Å². The van der Waals surface area contributed by atoms with Crippen LogP contribution in [0, 0.1) is 17.1 Å². The molecule has 0 fully saturated rings. The van der Waals surface area contributed by atoms with Crippen molar-refractivity contribution in [3.8, 4) is 17.6 Å². The highest BCUT2D eigenvalue weighted by molar-refractivity contribution is 5.99. The largest absolute Gasteiger partial charge is 0.454 e. The number of hydrogen-bond acceptors (Lipinski definition) is 6. The minimum atomic E-state index is -0.635. The van der Waals surface area contributed by atoms with Crippen molar-refractivity contribution < 1.29 is 13.9 Å². The molecule has 9 heteroatoms. The average Bonchev–Trinajstić information content (AvgIpc) is 2.80. The lowest BCUT2D eigenvalue weighted by Crippen LogP contribution is -2.19. The number of amides is 2. The molecule has 0 bridgehead atoms. The lowest BCUT2D eigenvalue weighted by molar-refractivity contribution is 0.262. The summed E-state index contributed by atoms with van der Waals surface area (Å²) in [6.45, 7) is 0.649. The second kappa shape index (κ2) is 9.94. The number of aromatic nitrogens is 2. The fraction of sp³-hybridized carbons (Fsp3) is 0.120. The van der Waals surface area contributed by atoms with E-state index >= 15 is 0 Å². The van der Waals surface area contributed by atoms with Crippen LogP contribution in [-0.4, -0.2) is 35.0 Å². The summed E-state index contributed by atoms with van der Waals surface area (Å²) in [6, 6.07) is 17.1. The zero-order chi connectivity index (χ0) is 24.1. The van der Waals surface area contributed by atoms with Crippen LogP contribution in [0.5, 0.6) is 11.5 Å². The fourth-order valence-corrected chi connectivity index (χ4v) is 3.20. The van der Waals surface area contributed by atoms with Crippen LogP contribution in [0.15, 0.2) is 66.9 Å². The Morgan fingerprint density at radius 2 is 1.76 bits per heavy atom. The van der Waals surface area contributed by atoms with Gasteiger partial charge >= 0.3 is 6.03 Å². The summed E-state index contributed by atoms with van der Waals surface area (Å²) in [5.74, 6) is -0.208. The number of nitriles is 1. The molecule has 0 spiro atoms. The maximum absolute atomic E-state index is 14.7. The number of halogens is 1. The highest BCUT2D eigenvalue weighted by Gasteiger charge is 2.10. The van der Waals surface area contributed by atoms with Crippen molar-refractivity contribution in [1.29, 1.82) is 5.26 Å². The Morgan fingerprint density at radius 1 is 1.03 bits per heavy atom. The molecule has 0 saturated carbocycles. The molecular formula is C25H21FN6O2. The van der Waals surface area contributed by atoms with Crippen molar-refractivity contribution in [2.75, 3.05) is 24.7 Å². The van der Waals surface area contributed by atoms with Crippen LogP contribution in [0.25, 0.3) is 11.0 Å². The van der Waals surface area contributed by atoms with Crippen LogP contribution in [0.1, 0.15) is 11.3 Å². The quantitative estimate of drug-likeness (QED) is 0.417. The Labute approximate surface area is 195 Å². The number of benzene rings is 3. The molecule has 2 amide bonds. The SMILES string of the molecule is CN(C)Cc1cnc2ccc(Oc3ccc(NC(=O)Nc4ccc(C#N)cc4)cc3F)cc2n1. The van der Waals surface area contributed by atoms with E-state index in [4.69, 9.17) is 10.00 Å². The first kappa shape index (κ1) is 22.6. The van der Waals surface area contributed by atoms with Gasteiger partial charge < -0.3 is 20.3 Å². The Bertz CT molecular complexity index is 1380. The van der Waals surface area contributed by atoms with Crippen molar-refractivity contribution in [3.05, 3.63) is 83.9 Å². The lowest BCUT2D eigenvalue weighted by atomic mass is 10.2. The van der Waals surface area contributed by atoms with E-state index in [1.807, 2.05) is 25.1 Å². The summed E-state index contributed by atoms with van der Waals surface area (Å²) < 4.78 is 20.4. The van der Waals surface area contributed by atoms with Crippen molar-refractivity contribution in [1.82, 2.24) is 14.9 Å². The molecule has 4 rings (SSSR count). The molecule has 8 nitrogen and oxygen atoms in total. The van der Waals surface area contributed by atoms with Gasteiger partial charge in [-0.15, -0.1) is 0 Å². The summed E-state index contributed by atoms with van der Waals surface area (Å²) in [5.41, 5.74) is 3.42. The van der Waals surface area contributed by atoms with Gasteiger partial charge in [0, 0.05) is 30.1 Å². The van der Waals surface area contributed by atoms with Crippen LogP contribution in [0.2, 0.25) is 0 Å². The summed E-state index contributed by atoms with van der Waals surface area (Å²) in [7, 11) is 3.90. The molecule has 170 valence electrons. The molecule has 0 unspecified atom stereocenters. The van der Waals surface area contributed by atoms with Crippen molar-refractivity contribution in [2.45, 2.75) is 6.54 Å². The number of fused-ring (bicyclic) bond motifs is 1. The summed E-state index contributed by atoms with van der Waals surface area (Å²) in [4.78, 5) is 23.2. The molecule has 3 aromatic carbocycles. The maximum atomic E-state index is 14.7. The molecule has 0 radical (unpaired) electrons. The third kappa shape index (κ3) is 5.62. The molecule has 0 aliphatic carbocycles. The predicted molar refractivity (Wildman–Crippen MR) is 127 cm³/mol. The number of nitrogens with zero attached hydrogens (tertiary/aromatic N) is 4. The molecule has 0 aliphatic heterocycles. The van der Waals surface area contributed by atoms with E-state index < -0.39 is 11.8 Å². The molecule has 2 N–H and O–H groups in total. The number of anilines is 2. The van der Waals surface area contributed by atoms with E-state index in [1.54, 1.807) is 48.7 Å². The van der Waals surface area contributed by atoms with Crippen molar-refractivity contribution in [3.63, 3.8) is 0 Å². The Balaban J connectivity index is 1.43. The maximum Gasteiger partial charge on any atom is 0.323 e. The van der Waals surface area contributed by atoms with E-state index in [2.05, 4.69) is 20.6 Å². The molecule has 0 saturated heterocycles. The topological polar surface area (TPSA) is 103 Å². The number of hydrogen-bond donors (Lipinski definition) is 2. The van der Waals surface area contributed by atoms with Crippen molar-refractivity contribution >= 4 is 28.4 Å². The third-order valence-corrected chi connectivity index (χ3v) is 4.73. The Kier molecular flexibility index (Phi) is 6.62. The number of carbonyl (C=O) groups excluding carboxylic acids is 1. The average molecular weight is 456 g/mol. The van der Waals surface area contributed by atoms with Gasteiger partial charge in [0.2, 0.25) is 0 Å². The van der Waals surface area contributed by atoms with E-state index in [0.717, 1.165) is 5.69 Å². The Morgan fingerprint density at radius 3 is 2.47 bits per heavy atom. The second-order valence-corrected chi connectivity index (χ2v) is 7.77. The molecule has 0 atom stereocenters. The van der Waals surface area contributed by atoms with Gasteiger partial charge in [-0.05, 0) is 62.6 Å². The number of rotatable bonds is 6. The number of urea groups is 1. The van der Waals surface area contributed by atoms with Gasteiger partial charge in [0.1, 0.15) is 5.75 Å². The second-order valence-electron chi connectivity index (χ2n) is 7.77. The molecule has 34 heavy (non-hydrogen) atoms. The number of ether oxygens (including phenoxy) is 1. The minimum Gasteiger partial charge on any atom is -0.454 e. The first-order chi connectivity index (χ1) is 16.4. The smallest absolute Gasteiger partial charge is 0.323 e. The predicted octanol–water partition coefficient (Wildman–Crippen LogP) is 5.14. The van der Waals surface area contributed by atoms with E-state index in [1.165, 1.54) is 18.2 Å². The van der Waals surface area contributed by atoms with E-state index in [9.17, 15) is 9.18 Å². The van der Waals surface area contributed by atoms with Crippen molar-refractivity contribution in [2.24, 2.45) is 0 Å². The zero-order valence-electron chi connectivity index (χ0n) is 18.5. The van der Waals surface area contributed by atoms with Crippen LogP contribution < -0.4 is 15.4 Å². The fourth-order valence-electron chi connectivity index (χ4n) is 3.20. The van der Waals surface area contributed by atoms with E-state index in [0.29, 0.717) is 34.6 Å². The summed E-state index contributed by atoms with van der Waals surface area (Å²) in [5, 5.41) is 14.0. The van der Waals surface area contributed by atoms with Gasteiger partial charge in [-0.3, -0.25) is 4.98 Å². The lowest BCUT2D eigenvalue weighted by Gasteiger charge is -2.11. The van der Waals surface area contributed by atoms with Gasteiger partial charge in [-0.25, -0.2) is 14.2 Å². The summed E-state index contributed by atoms with van der Waals surface area (Å²) in [6.07, 6.45) is 1.73. The Hall–Kier alpha value is -4.55. The normalized spacial score (nSPS) is 10.7. The standard InChI is InChI=1S/C25H21FN6O2/c1-32(2)15-19-14-28-22-9-8-20(12-23(22)29-19)34-24-10-7-18(11-21(24)26)31-25(33)30-17-5-3-16(13-27)4-6-17/h3-12,14H,15H2,1-2H3,(H2,30,31,33). The molecule has 1 aromatic heterocycles. The van der Waals surface area contributed by atoms with Gasteiger partial charge in [-0.1, -0.05) is 0 Å². The molecule has 0 aliphatic rings. The van der Waals surface area contributed by atoms with Crippen LogP contribution in [0.3, 0.4) is 0 Å². The first-order valence-corrected chi connectivity index (χ1v) is 10.4. The van der Waals surface area contributed by atoms with Gasteiger partial charge in [0.25, 0.3) is 0 Å². The molecule has 4 aromatic rings. The van der Waals surface area contributed by atoms with Crippen LogP contribution >= 0.6 is 0 Å². The molecule has 1 heterocycles. The molecular weight excluding hydrogens is 435 g/mol. The number of nitrogens with one attached hydrogen (secondary N) is 2. The first-order valence-electron chi connectivity index (χ1n) is 10.4. The minimum absolute atomic E-state index is 0.00908. The summed E-state index contributed by atoms with van der Waals surface area (Å²) >= 11 is 0. The zero-order valence-corrected chi connectivity index (χ0v) is 18.5. The van der Waals surface area contributed by atoms with Gasteiger partial charge in [-0.2, -0.15) is 5.26 Å². The monoisotopic (exact) mass is 456 g/mol. The van der Waals surface area contributed by atoms with Gasteiger partial charge in [0.15, 0.2) is 11.6 Å². The van der Waals surface area contributed by atoms with Crippen LogP contribution in [0.4, 0.5) is 20.6 Å². The number of carbonyl (C=O) groups is 1. The van der Waals surface area contributed by atoms with Gasteiger partial charge in [0.05, 0.1) is 34.6 Å².